The van der Waals surface area contributed by atoms with Gasteiger partial charge in [0.1, 0.15) is 0 Å². The number of halogens is 1. The van der Waals surface area contributed by atoms with Crippen molar-refractivity contribution in [2.75, 3.05) is 44.7 Å². The van der Waals surface area contributed by atoms with Crippen LogP contribution in [0.3, 0.4) is 0 Å². The van der Waals surface area contributed by atoms with Gasteiger partial charge in [0.25, 0.3) is 0 Å². The zero-order valence-electron chi connectivity index (χ0n) is 12.5. The Morgan fingerprint density at radius 3 is 3.00 bits per heavy atom. The zero-order valence-corrected chi connectivity index (χ0v) is 13.3. The van der Waals surface area contributed by atoms with Crippen LogP contribution in [0.1, 0.15) is 20.3 Å². The Hall–Kier alpha value is -1.18. The fourth-order valence-electron chi connectivity index (χ4n) is 2.07. The van der Waals surface area contributed by atoms with Crippen molar-refractivity contribution in [2.45, 2.75) is 26.4 Å². The lowest BCUT2D eigenvalue weighted by Crippen LogP contribution is -2.45. The zero-order chi connectivity index (χ0) is 15.1. The SMILES string of the molecule is CCCOc1nc(Cl)nc(NCC2CN(CC)CCO2)n1. The monoisotopic (exact) mass is 315 g/mol. The average molecular weight is 316 g/mol. The average Bonchev–Trinajstić information content (AvgIpc) is 2.50. The summed E-state index contributed by atoms with van der Waals surface area (Å²) in [5, 5.41) is 3.26. The highest BCUT2D eigenvalue weighted by Gasteiger charge is 2.19. The molecule has 1 aromatic rings. The molecule has 2 heterocycles. The van der Waals surface area contributed by atoms with Crippen LogP contribution in [0, 0.1) is 0 Å². The molecule has 2 rings (SSSR count). The maximum Gasteiger partial charge on any atom is 0.322 e. The minimum Gasteiger partial charge on any atom is -0.463 e. The van der Waals surface area contributed by atoms with Crippen LogP contribution < -0.4 is 10.1 Å². The maximum atomic E-state index is 5.87. The van der Waals surface area contributed by atoms with Gasteiger partial charge in [0.2, 0.25) is 11.2 Å². The quantitative estimate of drug-likeness (QED) is 0.816. The Morgan fingerprint density at radius 2 is 2.24 bits per heavy atom. The van der Waals surface area contributed by atoms with E-state index in [2.05, 4.69) is 32.1 Å². The van der Waals surface area contributed by atoms with E-state index in [0.717, 1.165) is 32.7 Å². The topological polar surface area (TPSA) is 72.4 Å². The molecule has 0 spiro atoms. The first-order valence-corrected chi connectivity index (χ1v) is 7.71. The van der Waals surface area contributed by atoms with Gasteiger partial charge in [-0.3, -0.25) is 4.90 Å². The summed E-state index contributed by atoms with van der Waals surface area (Å²) in [5.74, 6) is 0.415. The predicted octanol–water partition coefficient (Wildman–Crippen LogP) is 1.45. The molecule has 1 aromatic heterocycles. The molecule has 1 aliphatic rings. The van der Waals surface area contributed by atoms with Gasteiger partial charge in [-0.25, -0.2) is 0 Å². The molecule has 0 radical (unpaired) electrons. The molecule has 0 aliphatic carbocycles. The summed E-state index contributed by atoms with van der Waals surface area (Å²) in [6.07, 6.45) is 1.00. The van der Waals surface area contributed by atoms with Crippen molar-refractivity contribution in [3.8, 4) is 6.01 Å². The lowest BCUT2D eigenvalue weighted by Gasteiger charge is -2.32. The largest absolute Gasteiger partial charge is 0.463 e. The van der Waals surface area contributed by atoms with Crippen LogP contribution in [0.4, 0.5) is 5.95 Å². The molecule has 7 nitrogen and oxygen atoms in total. The molecular weight excluding hydrogens is 294 g/mol. The number of nitrogens with zero attached hydrogens (tertiary/aromatic N) is 4. The van der Waals surface area contributed by atoms with E-state index in [0.29, 0.717) is 19.1 Å². The molecule has 1 saturated heterocycles. The second-order valence-electron chi connectivity index (χ2n) is 4.83. The van der Waals surface area contributed by atoms with Gasteiger partial charge in [-0.15, -0.1) is 0 Å². The first-order valence-electron chi connectivity index (χ1n) is 7.33. The predicted molar refractivity (Wildman–Crippen MR) is 81.0 cm³/mol. The molecule has 1 atom stereocenters. The van der Waals surface area contributed by atoms with Crippen molar-refractivity contribution in [3.05, 3.63) is 5.28 Å². The Bertz CT molecular complexity index is 449. The van der Waals surface area contributed by atoms with Gasteiger partial charge in [0.05, 0.1) is 19.3 Å². The van der Waals surface area contributed by atoms with E-state index in [-0.39, 0.29) is 17.4 Å². The summed E-state index contributed by atoms with van der Waals surface area (Å²) < 4.78 is 11.1. The van der Waals surface area contributed by atoms with Crippen LogP contribution >= 0.6 is 11.6 Å². The van der Waals surface area contributed by atoms with Crippen molar-refractivity contribution >= 4 is 17.5 Å². The number of rotatable bonds is 7. The summed E-state index contributed by atoms with van der Waals surface area (Å²) >= 11 is 5.87. The third-order valence-corrected chi connectivity index (χ3v) is 3.35. The number of hydrogen-bond acceptors (Lipinski definition) is 7. The van der Waals surface area contributed by atoms with Crippen LogP contribution in [-0.4, -0.2) is 65.3 Å². The van der Waals surface area contributed by atoms with Crippen LogP contribution in [-0.2, 0) is 4.74 Å². The Kier molecular flexibility index (Phi) is 6.41. The maximum absolute atomic E-state index is 5.87. The van der Waals surface area contributed by atoms with Gasteiger partial charge in [-0.1, -0.05) is 13.8 Å². The lowest BCUT2D eigenvalue weighted by atomic mass is 10.2. The third-order valence-electron chi connectivity index (χ3n) is 3.18. The Labute approximate surface area is 130 Å². The molecule has 0 aromatic carbocycles. The molecule has 118 valence electrons. The Balaban J connectivity index is 1.88. The summed E-state index contributed by atoms with van der Waals surface area (Å²) in [6, 6.07) is 0.249. The van der Waals surface area contributed by atoms with Gasteiger partial charge in [0.15, 0.2) is 0 Å². The van der Waals surface area contributed by atoms with Crippen LogP contribution in [0.15, 0.2) is 0 Å². The standard InChI is InChI=1S/C13H22ClN5O2/c1-3-6-21-13-17-11(14)16-12(18-13)15-8-10-9-19(4-2)5-7-20-10/h10H,3-9H2,1-2H3,(H,15,16,17,18). The van der Waals surface area contributed by atoms with Crippen molar-refractivity contribution in [1.29, 1.82) is 0 Å². The summed E-state index contributed by atoms with van der Waals surface area (Å²) in [5.41, 5.74) is 0. The molecule has 1 unspecified atom stereocenters. The second-order valence-corrected chi connectivity index (χ2v) is 5.16. The fourth-order valence-corrected chi connectivity index (χ4v) is 2.22. The number of nitrogens with one attached hydrogen (secondary N) is 1. The molecule has 8 heteroatoms. The van der Waals surface area contributed by atoms with E-state index in [1.54, 1.807) is 0 Å². The normalized spacial score (nSPS) is 19.5. The highest BCUT2D eigenvalue weighted by atomic mass is 35.5. The minimum absolute atomic E-state index is 0.120. The van der Waals surface area contributed by atoms with Crippen molar-refractivity contribution in [2.24, 2.45) is 0 Å². The van der Waals surface area contributed by atoms with E-state index in [1.165, 1.54) is 0 Å². The summed E-state index contributed by atoms with van der Waals surface area (Å²) in [7, 11) is 0. The molecule has 1 fully saturated rings. The van der Waals surface area contributed by atoms with Gasteiger partial charge < -0.3 is 14.8 Å². The smallest absolute Gasteiger partial charge is 0.322 e. The molecule has 1 N–H and O–H groups in total. The van der Waals surface area contributed by atoms with Crippen LogP contribution in [0.5, 0.6) is 6.01 Å². The van der Waals surface area contributed by atoms with Crippen LogP contribution in [0.25, 0.3) is 0 Å². The molecule has 21 heavy (non-hydrogen) atoms. The molecule has 0 saturated carbocycles. The molecule has 1 aliphatic heterocycles. The van der Waals surface area contributed by atoms with Crippen LogP contribution in [0.2, 0.25) is 5.28 Å². The van der Waals surface area contributed by atoms with Gasteiger partial charge in [-0.05, 0) is 24.6 Å². The van der Waals surface area contributed by atoms with Crippen molar-refractivity contribution in [3.63, 3.8) is 0 Å². The van der Waals surface area contributed by atoms with E-state index in [4.69, 9.17) is 21.1 Å². The Morgan fingerprint density at radius 1 is 1.38 bits per heavy atom. The number of ether oxygens (including phenoxy) is 2. The number of morpholine rings is 1. The first kappa shape index (κ1) is 16.2. The van der Waals surface area contributed by atoms with E-state index in [9.17, 15) is 0 Å². The highest BCUT2D eigenvalue weighted by molar-refractivity contribution is 6.28. The van der Waals surface area contributed by atoms with Crippen molar-refractivity contribution in [1.82, 2.24) is 19.9 Å². The molecular formula is C13H22ClN5O2. The van der Waals surface area contributed by atoms with Gasteiger partial charge >= 0.3 is 6.01 Å². The fraction of sp³-hybridized carbons (Fsp3) is 0.769. The van der Waals surface area contributed by atoms with E-state index < -0.39 is 0 Å². The second kappa shape index (κ2) is 8.31. The number of aromatic nitrogens is 3. The number of likely N-dealkylation sites (N-methyl/N-ethyl adjacent to an activating group) is 1. The number of hydrogen-bond donors (Lipinski definition) is 1. The molecule has 0 bridgehead atoms. The van der Waals surface area contributed by atoms with E-state index in [1.807, 2.05) is 6.92 Å². The molecule has 0 amide bonds. The first-order chi connectivity index (χ1) is 10.2. The van der Waals surface area contributed by atoms with E-state index >= 15 is 0 Å². The summed E-state index contributed by atoms with van der Waals surface area (Å²) in [6.45, 7) is 9.03. The summed E-state index contributed by atoms with van der Waals surface area (Å²) in [4.78, 5) is 14.5. The lowest BCUT2D eigenvalue weighted by molar-refractivity contribution is -0.0192. The highest BCUT2D eigenvalue weighted by Crippen LogP contribution is 2.12. The van der Waals surface area contributed by atoms with Gasteiger partial charge in [0, 0.05) is 19.6 Å². The number of anilines is 1. The third kappa shape index (κ3) is 5.26. The van der Waals surface area contributed by atoms with Gasteiger partial charge in [-0.2, -0.15) is 15.0 Å². The minimum atomic E-state index is 0.120. The van der Waals surface area contributed by atoms with Crippen molar-refractivity contribution < 1.29 is 9.47 Å².